The number of thiazole rings is 1. The smallest absolute Gasteiger partial charge is 0.185 e. The predicted molar refractivity (Wildman–Crippen MR) is 78.6 cm³/mol. The van der Waals surface area contributed by atoms with Crippen molar-refractivity contribution in [3.8, 4) is 11.3 Å². The van der Waals surface area contributed by atoms with E-state index in [1.54, 1.807) is 11.3 Å². The number of anilines is 1. The molecule has 0 bridgehead atoms. The molecule has 18 heavy (non-hydrogen) atoms. The fraction of sp³-hybridized carbons (Fsp3) is 0.400. The summed E-state index contributed by atoms with van der Waals surface area (Å²) in [5, 5.41) is 1.09. The Kier molecular flexibility index (Phi) is 2.86. The molecule has 2 nitrogen and oxygen atoms in total. The minimum absolute atomic E-state index is 1.09. The summed E-state index contributed by atoms with van der Waals surface area (Å²) in [7, 11) is 4.09. The van der Waals surface area contributed by atoms with Gasteiger partial charge in [0.25, 0.3) is 0 Å². The van der Waals surface area contributed by atoms with E-state index in [4.69, 9.17) is 4.98 Å². The highest BCUT2D eigenvalue weighted by molar-refractivity contribution is 7.16. The van der Waals surface area contributed by atoms with Crippen molar-refractivity contribution in [1.29, 1.82) is 0 Å². The molecule has 3 heteroatoms. The molecule has 0 unspecified atom stereocenters. The van der Waals surface area contributed by atoms with Gasteiger partial charge in [0.15, 0.2) is 5.13 Å². The van der Waals surface area contributed by atoms with E-state index in [0.29, 0.717) is 0 Å². The Balaban J connectivity index is 2.04. The number of aromatic nitrogens is 1. The summed E-state index contributed by atoms with van der Waals surface area (Å²) < 4.78 is 0. The van der Waals surface area contributed by atoms with Crippen molar-refractivity contribution in [2.24, 2.45) is 0 Å². The van der Waals surface area contributed by atoms with Gasteiger partial charge in [0.1, 0.15) is 0 Å². The molecule has 1 aliphatic rings. The van der Waals surface area contributed by atoms with E-state index in [1.165, 1.54) is 40.8 Å². The Labute approximate surface area is 112 Å². The van der Waals surface area contributed by atoms with E-state index in [-0.39, 0.29) is 0 Å². The van der Waals surface area contributed by atoms with E-state index in [0.717, 1.165) is 10.8 Å². The molecular formula is C15H18N2S. The van der Waals surface area contributed by atoms with Crippen molar-refractivity contribution >= 4 is 16.5 Å². The van der Waals surface area contributed by atoms with Crippen LogP contribution in [-0.4, -0.2) is 19.1 Å². The largest absolute Gasteiger partial charge is 0.354 e. The van der Waals surface area contributed by atoms with Crippen molar-refractivity contribution in [1.82, 2.24) is 4.98 Å². The third-order valence-corrected chi connectivity index (χ3v) is 4.68. The van der Waals surface area contributed by atoms with Crippen LogP contribution in [0.15, 0.2) is 18.2 Å². The van der Waals surface area contributed by atoms with E-state index < -0.39 is 0 Å². The number of hydrogen-bond donors (Lipinski definition) is 0. The van der Waals surface area contributed by atoms with E-state index in [1.807, 2.05) is 14.1 Å². The summed E-state index contributed by atoms with van der Waals surface area (Å²) >= 11 is 1.77. The van der Waals surface area contributed by atoms with Gasteiger partial charge in [-0.2, -0.15) is 0 Å². The number of fused-ring (bicyclic) bond motifs is 1. The zero-order chi connectivity index (χ0) is 12.7. The molecule has 0 spiro atoms. The van der Waals surface area contributed by atoms with Gasteiger partial charge in [-0.05, 0) is 43.4 Å². The van der Waals surface area contributed by atoms with Gasteiger partial charge in [-0.3, -0.25) is 0 Å². The monoisotopic (exact) mass is 258 g/mol. The lowest BCUT2D eigenvalue weighted by Crippen LogP contribution is -2.07. The van der Waals surface area contributed by atoms with Gasteiger partial charge >= 0.3 is 0 Å². The van der Waals surface area contributed by atoms with Gasteiger partial charge in [-0.1, -0.05) is 12.1 Å². The number of benzene rings is 1. The summed E-state index contributed by atoms with van der Waals surface area (Å²) in [4.78, 5) is 8.13. The molecule has 1 heterocycles. The fourth-order valence-electron chi connectivity index (χ4n) is 2.56. The molecule has 0 aliphatic heterocycles. The lowest BCUT2D eigenvalue weighted by molar-refractivity contribution is 0.912. The van der Waals surface area contributed by atoms with E-state index in [2.05, 4.69) is 30.0 Å². The molecule has 2 aromatic rings. The van der Waals surface area contributed by atoms with Crippen LogP contribution < -0.4 is 4.90 Å². The van der Waals surface area contributed by atoms with E-state index >= 15 is 0 Å². The number of nitrogens with zero attached hydrogens (tertiary/aromatic N) is 2. The Morgan fingerprint density at radius 3 is 2.67 bits per heavy atom. The minimum Gasteiger partial charge on any atom is -0.354 e. The topological polar surface area (TPSA) is 16.1 Å². The molecule has 0 radical (unpaired) electrons. The molecule has 0 saturated carbocycles. The zero-order valence-electron chi connectivity index (χ0n) is 11.2. The Morgan fingerprint density at radius 2 is 1.94 bits per heavy atom. The SMILES string of the molecule is Cc1sc(N(C)C)nc1-c1ccc2c(c1)CCC2. The number of rotatable bonds is 2. The van der Waals surface area contributed by atoms with Crippen molar-refractivity contribution in [2.45, 2.75) is 26.2 Å². The molecule has 0 fully saturated rings. The average molecular weight is 258 g/mol. The maximum Gasteiger partial charge on any atom is 0.185 e. The first-order valence-electron chi connectivity index (χ1n) is 6.42. The Morgan fingerprint density at radius 1 is 1.17 bits per heavy atom. The van der Waals surface area contributed by atoms with Crippen LogP contribution >= 0.6 is 11.3 Å². The molecule has 0 atom stereocenters. The van der Waals surface area contributed by atoms with Crippen molar-refractivity contribution in [2.75, 3.05) is 19.0 Å². The van der Waals surface area contributed by atoms with Crippen LogP contribution in [0.1, 0.15) is 22.4 Å². The van der Waals surface area contributed by atoms with Crippen LogP contribution in [0.25, 0.3) is 11.3 Å². The highest BCUT2D eigenvalue weighted by atomic mass is 32.1. The highest BCUT2D eigenvalue weighted by Gasteiger charge is 2.15. The normalized spacial score (nSPS) is 13.7. The summed E-state index contributed by atoms with van der Waals surface area (Å²) in [6.45, 7) is 2.16. The highest BCUT2D eigenvalue weighted by Crippen LogP contribution is 2.34. The average Bonchev–Trinajstić information content (AvgIpc) is 2.93. The second kappa shape index (κ2) is 4.39. The Bertz CT molecular complexity index is 584. The molecule has 0 amide bonds. The lowest BCUT2D eigenvalue weighted by atomic mass is 10.0. The Hall–Kier alpha value is -1.35. The van der Waals surface area contributed by atoms with Crippen LogP contribution in [-0.2, 0) is 12.8 Å². The summed E-state index contributed by atoms with van der Waals surface area (Å²) in [5.41, 5.74) is 5.47. The van der Waals surface area contributed by atoms with Crippen molar-refractivity contribution < 1.29 is 0 Å². The third-order valence-electron chi connectivity index (χ3n) is 3.54. The minimum atomic E-state index is 1.09. The van der Waals surface area contributed by atoms with E-state index in [9.17, 15) is 0 Å². The molecular weight excluding hydrogens is 240 g/mol. The second-order valence-electron chi connectivity index (χ2n) is 5.13. The number of hydrogen-bond acceptors (Lipinski definition) is 3. The summed E-state index contributed by atoms with van der Waals surface area (Å²) in [5.74, 6) is 0. The number of aryl methyl sites for hydroxylation is 3. The summed E-state index contributed by atoms with van der Waals surface area (Å²) in [6, 6.07) is 6.85. The molecule has 3 rings (SSSR count). The molecule has 94 valence electrons. The van der Waals surface area contributed by atoms with Gasteiger partial charge < -0.3 is 4.90 Å². The standard InChI is InChI=1S/C15H18N2S/c1-10-14(16-15(18-10)17(2)3)13-8-7-11-5-4-6-12(11)9-13/h7-9H,4-6H2,1-3H3. The molecule has 0 N–H and O–H groups in total. The van der Waals surface area contributed by atoms with Crippen LogP contribution in [0.5, 0.6) is 0 Å². The molecule has 1 aromatic heterocycles. The first-order valence-corrected chi connectivity index (χ1v) is 7.24. The van der Waals surface area contributed by atoms with Crippen LogP contribution in [0.2, 0.25) is 0 Å². The van der Waals surface area contributed by atoms with Gasteiger partial charge in [-0.25, -0.2) is 4.98 Å². The van der Waals surface area contributed by atoms with Crippen LogP contribution in [0.4, 0.5) is 5.13 Å². The van der Waals surface area contributed by atoms with Gasteiger partial charge in [0, 0.05) is 24.5 Å². The predicted octanol–water partition coefficient (Wildman–Crippen LogP) is 3.67. The first kappa shape index (κ1) is 11.7. The van der Waals surface area contributed by atoms with Crippen molar-refractivity contribution in [3.05, 3.63) is 34.2 Å². The van der Waals surface area contributed by atoms with Gasteiger partial charge in [0.05, 0.1) is 5.69 Å². The zero-order valence-corrected chi connectivity index (χ0v) is 12.0. The van der Waals surface area contributed by atoms with Crippen LogP contribution in [0, 0.1) is 6.92 Å². The van der Waals surface area contributed by atoms with Gasteiger partial charge in [-0.15, -0.1) is 11.3 Å². The third kappa shape index (κ3) is 1.93. The fourth-order valence-corrected chi connectivity index (χ4v) is 3.41. The maximum atomic E-state index is 4.75. The van der Waals surface area contributed by atoms with Crippen molar-refractivity contribution in [3.63, 3.8) is 0 Å². The maximum absolute atomic E-state index is 4.75. The molecule has 1 aliphatic carbocycles. The van der Waals surface area contributed by atoms with Gasteiger partial charge in [0.2, 0.25) is 0 Å². The first-order chi connectivity index (χ1) is 8.65. The molecule has 1 aromatic carbocycles. The quantitative estimate of drug-likeness (QED) is 0.817. The second-order valence-corrected chi connectivity index (χ2v) is 6.31. The van der Waals surface area contributed by atoms with Crippen LogP contribution in [0.3, 0.4) is 0 Å². The lowest BCUT2D eigenvalue weighted by Gasteiger charge is -2.06. The summed E-state index contributed by atoms with van der Waals surface area (Å²) in [6.07, 6.45) is 3.78. The molecule has 0 saturated heterocycles.